The number of fused-ring (bicyclic) bond motifs is 1. The first-order valence-electron chi connectivity index (χ1n) is 8.52. The zero-order chi connectivity index (χ0) is 19.1. The molecule has 0 bridgehead atoms. The van der Waals surface area contributed by atoms with E-state index in [-0.39, 0.29) is 30.8 Å². The number of benzene rings is 1. The standard InChI is InChI=1S/C18H23N3O5/c1-11(2)10-14(16(24)19-9-5-8-15(22)23)21-18-20-13-7-4-3-6-12(13)17(25)26-18/h3-4,6-7,11,14H,5,8-10H2,1-2H3,(H,19,24)(H,20,21)(H,22,23)/t14-/m0/s1. The normalized spacial score (nSPS) is 12.1. The molecule has 0 spiro atoms. The van der Waals surface area contributed by atoms with Crippen molar-refractivity contribution in [3.05, 3.63) is 34.7 Å². The maximum Gasteiger partial charge on any atom is 0.348 e. The van der Waals surface area contributed by atoms with E-state index < -0.39 is 17.6 Å². The lowest BCUT2D eigenvalue weighted by atomic mass is 10.0. The zero-order valence-electron chi connectivity index (χ0n) is 14.8. The lowest BCUT2D eigenvalue weighted by molar-refractivity contribution is -0.137. The van der Waals surface area contributed by atoms with Gasteiger partial charge in [0.25, 0.3) is 6.01 Å². The van der Waals surface area contributed by atoms with Crippen LogP contribution in [0.3, 0.4) is 0 Å². The highest BCUT2D eigenvalue weighted by Gasteiger charge is 2.21. The number of aliphatic carboxylic acids is 1. The van der Waals surface area contributed by atoms with E-state index in [9.17, 15) is 14.4 Å². The molecule has 3 N–H and O–H groups in total. The lowest BCUT2D eigenvalue weighted by Crippen LogP contribution is -2.41. The molecule has 0 saturated carbocycles. The fourth-order valence-electron chi connectivity index (χ4n) is 2.51. The van der Waals surface area contributed by atoms with Crippen LogP contribution in [0, 0.1) is 5.92 Å². The van der Waals surface area contributed by atoms with Crippen molar-refractivity contribution in [2.75, 3.05) is 11.9 Å². The minimum Gasteiger partial charge on any atom is -0.481 e. The topological polar surface area (TPSA) is 122 Å². The number of nitrogens with zero attached hydrogens (tertiary/aromatic N) is 1. The lowest BCUT2D eigenvalue weighted by Gasteiger charge is -2.19. The molecule has 1 amide bonds. The first-order valence-corrected chi connectivity index (χ1v) is 8.52. The number of hydrogen-bond donors (Lipinski definition) is 3. The van der Waals surface area contributed by atoms with E-state index in [0.717, 1.165) is 0 Å². The summed E-state index contributed by atoms with van der Waals surface area (Å²) in [5.41, 5.74) is -0.0420. The predicted octanol–water partition coefficient (Wildman–Crippen LogP) is 2.00. The number of carboxylic acids is 1. The Bertz CT molecular complexity index is 831. The average Bonchev–Trinajstić information content (AvgIpc) is 2.57. The van der Waals surface area contributed by atoms with Crippen LogP contribution in [-0.2, 0) is 9.59 Å². The molecule has 1 atom stereocenters. The first kappa shape index (κ1) is 19.4. The molecule has 26 heavy (non-hydrogen) atoms. The van der Waals surface area contributed by atoms with Crippen molar-refractivity contribution in [2.24, 2.45) is 5.92 Å². The Morgan fingerprint density at radius 3 is 2.69 bits per heavy atom. The van der Waals surface area contributed by atoms with Gasteiger partial charge in [0.05, 0.1) is 10.9 Å². The molecular formula is C18H23N3O5. The third-order valence-corrected chi connectivity index (χ3v) is 3.72. The van der Waals surface area contributed by atoms with Crippen LogP contribution in [0.1, 0.15) is 33.1 Å². The van der Waals surface area contributed by atoms with Crippen molar-refractivity contribution in [2.45, 2.75) is 39.2 Å². The number of hydrogen-bond acceptors (Lipinski definition) is 6. The Labute approximate surface area is 150 Å². The first-order chi connectivity index (χ1) is 12.4. The molecular weight excluding hydrogens is 338 g/mol. The number of carbonyl (C=O) groups is 2. The third-order valence-electron chi connectivity index (χ3n) is 3.72. The second kappa shape index (κ2) is 8.98. The van der Waals surface area contributed by atoms with Gasteiger partial charge in [0.1, 0.15) is 6.04 Å². The second-order valence-corrected chi connectivity index (χ2v) is 6.44. The van der Waals surface area contributed by atoms with Gasteiger partial charge in [-0.1, -0.05) is 26.0 Å². The van der Waals surface area contributed by atoms with Gasteiger partial charge in [0.2, 0.25) is 5.91 Å². The van der Waals surface area contributed by atoms with Crippen LogP contribution in [0.5, 0.6) is 0 Å². The molecule has 0 aliphatic carbocycles. The van der Waals surface area contributed by atoms with Crippen LogP contribution in [0.2, 0.25) is 0 Å². The van der Waals surface area contributed by atoms with Crippen LogP contribution < -0.4 is 16.3 Å². The number of aromatic nitrogens is 1. The van der Waals surface area contributed by atoms with Gasteiger partial charge in [0, 0.05) is 13.0 Å². The summed E-state index contributed by atoms with van der Waals surface area (Å²) in [6.07, 6.45) is 0.839. The van der Waals surface area contributed by atoms with Gasteiger partial charge in [-0.2, -0.15) is 4.98 Å². The van der Waals surface area contributed by atoms with Crippen molar-refractivity contribution in [1.29, 1.82) is 0 Å². The van der Waals surface area contributed by atoms with E-state index in [1.165, 1.54) is 0 Å². The molecule has 1 heterocycles. The molecule has 0 aliphatic rings. The van der Waals surface area contributed by atoms with Crippen LogP contribution in [0.4, 0.5) is 6.01 Å². The average molecular weight is 361 g/mol. The van der Waals surface area contributed by atoms with Gasteiger partial charge in [-0.05, 0) is 30.9 Å². The number of carbonyl (C=O) groups excluding carboxylic acids is 1. The van der Waals surface area contributed by atoms with Gasteiger partial charge in [-0.3, -0.25) is 9.59 Å². The Hall–Kier alpha value is -2.90. The van der Waals surface area contributed by atoms with Gasteiger partial charge < -0.3 is 20.2 Å². The summed E-state index contributed by atoms with van der Waals surface area (Å²) in [5.74, 6) is -0.982. The summed E-state index contributed by atoms with van der Waals surface area (Å²) in [6, 6.07) is 6.15. The summed E-state index contributed by atoms with van der Waals surface area (Å²) < 4.78 is 5.17. The fraction of sp³-hybridized carbons (Fsp3) is 0.444. The summed E-state index contributed by atoms with van der Waals surface area (Å²) in [5, 5.41) is 14.6. The van der Waals surface area contributed by atoms with Crippen LogP contribution in [-0.4, -0.2) is 34.6 Å². The molecule has 0 saturated heterocycles. The number of amides is 1. The summed E-state index contributed by atoms with van der Waals surface area (Å²) >= 11 is 0. The van der Waals surface area contributed by atoms with Crippen molar-refractivity contribution in [3.8, 4) is 0 Å². The number of para-hydroxylation sites is 1. The smallest absolute Gasteiger partial charge is 0.348 e. The molecule has 0 radical (unpaired) electrons. The largest absolute Gasteiger partial charge is 0.481 e. The zero-order valence-corrected chi connectivity index (χ0v) is 14.8. The number of rotatable bonds is 9. The van der Waals surface area contributed by atoms with Gasteiger partial charge >= 0.3 is 11.6 Å². The molecule has 8 heteroatoms. The molecule has 0 aliphatic heterocycles. The monoisotopic (exact) mass is 361 g/mol. The van der Waals surface area contributed by atoms with Crippen molar-refractivity contribution in [3.63, 3.8) is 0 Å². The summed E-state index contributed by atoms with van der Waals surface area (Å²) in [6.45, 7) is 4.20. The highest BCUT2D eigenvalue weighted by atomic mass is 16.4. The molecule has 0 fully saturated rings. The molecule has 1 aromatic heterocycles. The molecule has 140 valence electrons. The predicted molar refractivity (Wildman–Crippen MR) is 97.0 cm³/mol. The van der Waals surface area contributed by atoms with Crippen molar-refractivity contribution >= 4 is 28.8 Å². The number of nitrogens with one attached hydrogen (secondary N) is 2. The van der Waals surface area contributed by atoms with Gasteiger partial charge in [-0.25, -0.2) is 4.79 Å². The maximum absolute atomic E-state index is 12.4. The minimum absolute atomic E-state index is 0.0103. The summed E-state index contributed by atoms with van der Waals surface area (Å²) in [4.78, 5) is 39.2. The van der Waals surface area contributed by atoms with Crippen LogP contribution in [0.25, 0.3) is 10.9 Å². The third kappa shape index (κ3) is 5.58. The van der Waals surface area contributed by atoms with Crippen molar-refractivity contribution < 1.29 is 19.1 Å². The summed E-state index contributed by atoms with van der Waals surface area (Å²) in [7, 11) is 0. The van der Waals surface area contributed by atoms with E-state index in [0.29, 0.717) is 23.7 Å². The molecule has 0 unspecified atom stereocenters. The highest BCUT2D eigenvalue weighted by molar-refractivity contribution is 5.84. The van der Waals surface area contributed by atoms with E-state index in [2.05, 4.69) is 15.6 Å². The van der Waals surface area contributed by atoms with Crippen LogP contribution >= 0.6 is 0 Å². The van der Waals surface area contributed by atoms with Gasteiger partial charge in [0.15, 0.2) is 0 Å². The Morgan fingerprint density at radius 1 is 1.27 bits per heavy atom. The number of carboxylic acid groups (broad SMARTS) is 1. The Balaban J connectivity index is 2.10. The minimum atomic E-state index is -0.904. The van der Waals surface area contributed by atoms with E-state index in [1.807, 2.05) is 13.8 Å². The number of anilines is 1. The SMILES string of the molecule is CC(C)C[C@H](Nc1nc2ccccc2c(=O)o1)C(=O)NCCCC(=O)O. The molecule has 1 aromatic carbocycles. The Morgan fingerprint density at radius 2 is 2.00 bits per heavy atom. The van der Waals surface area contributed by atoms with Gasteiger partial charge in [-0.15, -0.1) is 0 Å². The maximum atomic E-state index is 12.4. The highest BCUT2D eigenvalue weighted by Crippen LogP contribution is 2.14. The second-order valence-electron chi connectivity index (χ2n) is 6.44. The molecule has 2 rings (SSSR count). The fourth-order valence-corrected chi connectivity index (χ4v) is 2.51. The van der Waals surface area contributed by atoms with Crippen LogP contribution in [0.15, 0.2) is 33.5 Å². The quantitative estimate of drug-likeness (QED) is 0.584. The molecule has 2 aromatic rings. The van der Waals surface area contributed by atoms with E-state index in [1.54, 1.807) is 24.3 Å². The van der Waals surface area contributed by atoms with Crippen molar-refractivity contribution in [1.82, 2.24) is 10.3 Å². The van der Waals surface area contributed by atoms with E-state index >= 15 is 0 Å². The van der Waals surface area contributed by atoms with E-state index in [4.69, 9.17) is 9.52 Å². The Kier molecular flexibility index (Phi) is 6.71. The molecule has 8 nitrogen and oxygen atoms in total.